The summed E-state index contributed by atoms with van der Waals surface area (Å²) in [5.74, 6) is -0.903. The Labute approximate surface area is 240 Å². The van der Waals surface area contributed by atoms with Crippen LogP contribution in [0.4, 0.5) is 28.4 Å². The van der Waals surface area contributed by atoms with E-state index in [1.807, 2.05) is 24.0 Å². The third kappa shape index (κ3) is 6.21. The van der Waals surface area contributed by atoms with Gasteiger partial charge in [0.15, 0.2) is 0 Å². The fourth-order valence-electron chi connectivity index (χ4n) is 4.51. The zero-order valence-corrected chi connectivity index (χ0v) is 23.0. The summed E-state index contributed by atoms with van der Waals surface area (Å²) in [6.07, 6.45) is 0.534. The number of anilines is 4. The Morgan fingerprint density at radius 2 is 1.76 bits per heavy atom. The Kier molecular flexibility index (Phi) is 8.69. The van der Waals surface area contributed by atoms with E-state index >= 15 is 0 Å². The fraction of sp³-hybridized carbons (Fsp3) is 0.214. The molecule has 1 heterocycles. The van der Waals surface area contributed by atoms with Crippen LogP contribution in [-0.2, 0) is 4.79 Å². The van der Waals surface area contributed by atoms with Gasteiger partial charge >= 0.3 is 0 Å². The zero-order chi connectivity index (χ0) is 29.7. The van der Waals surface area contributed by atoms with Crippen molar-refractivity contribution in [3.05, 3.63) is 86.4 Å². The van der Waals surface area contributed by atoms with E-state index in [1.165, 1.54) is 11.8 Å². The van der Waals surface area contributed by atoms with Gasteiger partial charge in [-0.15, -0.1) is 0 Å². The monoisotopic (exact) mass is 575 g/mol. The molecule has 3 aromatic rings. The molecule has 3 aromatic carbocycles. The molecule has 13 heteroatoms. The van der Waals surface area contributed by atoms with Crippen LogP contribution in [0.25, 0.3) is 0 Å². The predicted molar refractivity (Wildman–Crippen MR) is 155 cm³/mol. The van der Waals surface area contributed by atoms with Crippen molar-refractivity contribution >= 4 is 57.8 Å². The molecule has 4 rings (SSSR count). The molecule has 3 N–H and O–H groups in total. The SMILES string of the molecule is CCN(CCCN1C(=O)c2ccccc2C1=O)c1ccc(NNc2c(Cl)cc([N+](=O)[O-])cc2C#N)c(NC(C)=O)c1. The molecule has 0 aromatic heterocycles. The first kappa shape index (κ1) is 28.8. The van der Waals surface area contributed by atoms with Gasteiger partial charge in [-0.3, -0.25) is 40.2 Å². The van der Waals surface area contributed by atoms with Crippen molar-refractivity contribution in [3.63, 3.8) is 0 Å². The van der Waals surface area contributed by atoms with Gasteiger partial charge in [0.05, 0.1) is 43.7 Å². The van der Waals surface area contributed by atoms with Crippen LogP contribution < -0.4 is 21.1 Å². The Morgan fingerprint density at radius 1 is 1.07 bits per heavy atom. The van der Waals surface area contributed by atoms with Gasteiger partial charge in [0.25, 0.3) is 17.5 Å². The van der Waals surface area contributed by atoms with Crippen LogP contribution in [0.15, 0.2) is 54.6 Å². The summed E-state index contributed by atoms with van der Waals surface area (Å²) in [5, 5.41) is 23.3. The zero-order valence-electron chi connectivity index (χ0n) is 22.2. The van der Waals surface area contributed by atoms with Gasteiger partial charge in [0.1, 0.15) is 6.07 Å². The number of hydrazine groups is 1. The standard InChI is InChI=1S/C28H26ClN7O5/c1-3-34(11-6-12-35-27(38)21-7-4-5-8-22(21)28(35)39)19-9-10-24(25(15-19)31-17(2)37)32-33-26-18(16-30)13-20(36(40)41)14-23(26)29/h4-5,7-10,13-15,32-33H,3,6,11-12H2,1-2H3,(H,31,37). The second-order valence-electron chi connectivity index (χ2n) is 9.12. The molecule has 0 spiro atoms. The summed E-state index contributed by atoms with van der Waals surface area (Å²) in [4.78, 5) is 51.0. The smallest absolute Gasteiger partial charge is 0.272 e. The van der Waals surface area contributed by atoms with E-state index in [1.54, 1.807) is 36.4 Å². The second kappa shape index (κ2) is 12.4. The number of hydrogen-bond acceptors (Lipinski definition) is 9. The maximum absolute atomic E-state index is 12.7. The Bertz CT molecular complexity index is 1550. The molecule has 0 radical (unpaired) electrons. The van der Waals surface area contributed by atoms with Gasteiger partial charge in [-0.05, 0) is 43.7 Å². The van der Waals surface area contributed by atoms with Gasteiger partial charge < -0.3 is 10.2 Å². The minimum Gasteiger partial charge on any atom is -0.372 e. The number of nitrogens with one attached hydrogen (secondary N) is 3. The van der Waals surface area contributed by atoms with E-state index in [4.69, 9.17) is 11.6 Å². The van der Waals surface area contributed by atoms with Gasteiger partial charge in [-0.25, -0.2) is 0 Å². The summed E-state index contributed by atoms with van der Waals surface area (Å²) in [6.45, 7) is 4.76. The van der Waals surface area contributed by atoms with Gasteiger partial charge in [-0.1, -0.05) is 23.7 Å². The van der Waals surface area contributed by atoms with Crippen LogP contribution in [0.1, 0.15) is 46.5 Å². The van der Waals surface area contributed by atoms with Crippen LogP contribution in [0.2, 0.25) is 5.02 Å². The number of nitro benzene ring substituents is 1. The van der Waals surface area contributed by atoms with E-state index < -0.39 is 4.92 Å². The van der Waals surface area contributed by atoms with Crippen molar-refractivity contribution in [3.8, 4) is 6.07 Å². The number of nitrogens with zero attached hydrogens (tertiary/aromatic N) is 4. The van der Waals surface area contributed by atoms with E-state index in [0.717, 1.165) is 17.8 Å². The number of halogens is 1. The van der Waals surface area contributed by atoms with E-state index in [-0.39, 0.29) is 46.2 Å². The number of imide groups is 1. The highest BCUT2D eigenvalue weighted by Gasteiger charge is 2.34. The summed E-state index contributed by atoms with van der Waals surface area (Å²) < 4.78 is 0. The van der Waals surface area contributed by atoms with Crippen LogP contribution in [0.3, 0.4) is 0 Å². The van der Waals surface area contributed by atoms with Crippen molar-refractivity contribution in [2.24, 2.45) is 0 Å². The quantitative estimate of drug-likeness (QED) is 0.162. The lowest BCUT2D eigenvalue weighted by molar-refractivity contribution is -0.384. The van der Waals surface area contributed by atoms with E-state index in [2.05, 4.69) is 16.2 Å². The molecule has 0 saturated carbocycles. The average Bonchev–Trinajstić information content (AvgIpc) is 3.19. The summed E-state index contributed by atoms with van der Waals surface area (Å²) in [6, 6.07) is 16.2. The number of carbonyl (C=O) groups is 3. The maximum Gasteiger partial charge on any atom is 0.272 e. The largest absolute Gasteiger partial charge is 0.372 e. The molecule has 0 saturated heterocycles. The first-order chi connectivity index (χ1) is 19.6. The number of fused-ring (bicyclic) bond motifs is 1. The van der Waals surface area contributed by atoms with E-state index in [9.17, 15) is 29.8 Å². The van der Waals surface area contributed by atoms with Crippen molar-refractivity contribution < 1.29 is 19.3 Å². The van der Waals surface area contributed by atoms with Crippen molar-refractivity contribution in [2.45, 2.75) is 20.3 Å². The topological polar surface area (TPSA) is 161 Å². The van der Waals surface area contributed by atoms with Crippen LogP contribution >= 0.6 is 11.6 Å². The third-order valence-electron chi connectivity index (χ3n) is 6.48. The minimum atomic E-state index is -0.642. The first-order valence-electron chi connectivity index (χ1n) is 12.7. The maximum atomic E-state index is 12.7. The lowest BCUT2D eigenvalue weighted by Gasteiger charge is -2.26. The second-order valence-corrected chi connectivity index (χ2v) is 9.53. The number of carbonyl (C=O) groups excluding carboxylic acids is 3. The molecule has 3 amide bonds. The molecule has 210 valence electrons. The molecule has 1 aliphatic rings. The Morgan fingerprint density at radius 3 is 2.34 bits per heavy atom. The Balaban J connectivity index is 1.48. The first-order valence-corrected chi connectivity index (χ1v) is 13.0. The normalized spacial score (nSPS) is 12.0. The highest BCUT2D eigenvalue weighted by molar-refractivity contribution is 6.33. The van der Waals surface area contributed by atoms with Gasteiger partial charge in [0, 0.05) is 44.4 Å². The highest BCUT2D eigenvalue weighted by Crippen LogP contribution is 2.33. The van der Waals surface area contributed by atoms with E-state index in [0.29, 0.717) is 42.0 Å². The molecule has 0 fully saturated rings. The number of nitro groups is 1. The summed E-state index contributed by atoms with van der Waals surface area (Å²) in [5.41, 5.74) is 8.00. The highest BCUT2D eigenvalue weighted by atomic mass is 35.5. The lowest BCUT2D eigenvalue weighted by Crippen LogP contribution is -2.33. The number of nitriles is 1. The van der Waals surface area contributed by atoms with Gasteiger partial charge in [-0.2, -0.15) is 5.26 Å². The molecule has 0 atom stereocenters. The van der Waals surface area contributed by atoms with Crippen LogP contribution in [0, 0.1) is 21.4 Å². The van der Waals surface area contributed by atoms with Crippen molar-refractivity contribution in [2.75, 3.05) is 40.7 Å². The number of benzene rings is 3. The molecule has 0 bridgehead atoms. The predicted octanol–water partition coefficient (Wildman–Crippen LogP) is 5.03. The third-order valence-corrected chi connectivity index (χ3v) is 6.78. The molecule has 41 heavy (non-hydrogen) atoms. The average molecular weight is 576 g/mol. The van der Waals surface area contributed by atoms with Crippen LogP contribution in [0.5, 0.6) is 0 Å². The molecular weight excluding hydrogens is 550 g/mol. The summed E-state index contributed by atoms with van der Waals surface area (Å²) in [7, 11) is 0. The number of rotatable bonds is 11. The molecule has 12 nitrogen and oxygen atoms in total. The molecular formula is C28H26ClN7O5. The van der Waals surface area contributed by atoms with Crippen molar-refractivity contribution in [1.29, 1.82) is 5.26 Å². The number of amides is 3. The minimum absolute atomic E-state index is 0.0313. The van der Waals surface area contributed by atoms with Crippen LogP contribution in [-0.4, -0.2) is 47.2 Å². The summed E-state index contributed by atoms with van der Waals surface area (Å²) >= 11 is 6.19. The lowest BCUT2D eigenvalue weighted by atomic mass is 10.1. The molecule has 1 aliphatic heterocycles. The number of non-ortho nitro benzene ring substituents is 1. The molecule has 0 unspecified atom stereocenters. The number of hydrogen-bond donors (Lipinski definition) is 3. The Hall–Kier alpha value is -5.15. The van der Waals surface area contributed by atoms with Gasteiger partial charge in [0.2, 0.25) is 5.91 Å². The molecule has 0 aliphatic carbocycles. The van der Waals surface area contributed by atoms with Crippen molar-refractivity contribution in [1.82, 2.24) is 4.90 Å². The fourth-order valence-corrected chi connectivity index (χ4v) is 4.77.